The molecule has 1 N–H and O–H groups in total. The Morgan fingerprint density at radius 1 is 1.45 bits per heavy atom. The zero-order chi connectivity index (χ0) is 8.27. The molecule has 58 valence electrons. The Labute approximate surface area is 63.8 Å². The van der Waals surface area contributed by atoms with Gasteiger partial charge in [0.2, 0.25) is 0 Å². The van der Waals surface area contributed by atoms with Crippen molar-refractivity contribution in [2.75, 3.05) is 5.43 Å². The average molecular weight is 152 g/mol. The van der Waals surface area contributed by atoms with Gasteiger partial charge in [0.1, 0.15) is 5.82 Å². The molecule has 5 heteroatoms. The molecule has 0 radical (unpaired) electrons. The largest absolute Gasteiger partial charge is 0.238 e. The van der Waals surface area contributed by atoms with Crippen LogP contribution in [0.4, 0.5) is 5.82 Å². The Hall–Kier alpha value is -1.52. The van der Waals surface area contributed by atoms with Crippen LogP contribution in [0.3, 0.4) is 0 Å². The summed E-state index contributed by atoms with van der Waals surface area (Å²) in [6.45, 7) is 3.58. The van der Waals surface area contributed by atoms with Gasteiger partial charge >= 0.3 is 0 Å². The maximum absolute atomic E-state index is 9.78. The number of aryl methyl sites for hydroxylation is 2. The third kappa shape index (κ3) is 1.96. The molecule has 0 saturated heterocycles. The van der Waals surface area contributed by atoms with Crippen LogP contribution in [0.5, 0.6) is 0 Å². The highest BCUT2D eigenvalue weighted by molar-refractivity contribution is 5.34. The lowest BCUT2D eigenvalue weighted by Gasteiger charge is -1.98. The Morgan fingerprint density at radius 3 is 2.73 bits per heavy atom. The molecule has 0 amide bonds. The van der Waals surface area contributed by atoms with Gasteiger partial charge < -0.3 is 0 Å². The fourth-order valence-electron chi connectivity index (χ4n) is 0.821. The van der Waals surface area contributed by atoms with Gasteiger partial charge in [-0.15, -0.1) is 4.91 Å². The van der Waals surface area contributed by atoms with Crippen molar-refractivity contribution >= 4 is 5.82 Å². The van der Waals surface area contributed by atoms with Gasteiger partial charge in [0.15, 0.2) is 5.82 Å². The molecule has 1 rings (SSSR count). The van der Waals surface area contributed by atoms with E-state index in [1.54, 1.807) is 13.0 Å². The minimum absolute atomic E-state index is 0.435. The van der Waals surface area contributed by atoms with Gasteiger partial charge in [-0.05, 0) is 13.8 Å². The van der Waals surface area contributed by atoms with E-state index in [0.29, 0.717) is 11.6 Å². The van der Waals surface area contributed by atoms with E-state index >= 15 is 0 Å². The molecule has 11 heavy (non-hydrogen) atoms. The molecule has 0 aliphatic carbocycles. The van der Waals surface area contributed by atoms with Gasteiger partial charge in [-0.1, -0.05) is 0 Å². The van der Waals surface area contributed by atoms with Crippen LogP contribution >= 0.6 is 0 Å². The van der Waals surface area contributed by atoms with Crippen LogP contribution in [-0.4, -0.2) is 9.97 Å². The van der Waals surface area contributed by atoms with Gasteiger partial charge in [-0.2, -0.15) is 0 Å². The van der Waals surface area contributed by atoms with E-state index in [0.717, 1.165) is 5.69 Å². The second kappa shape index (κ2) is 3.05. The first-order chi connectivity index (χ1) is 5.22. The molecule has 0 aliphatic rings. The van der Waals surface area contributed by atoms with E-state index in [2.05, 4.69) is 20.7 Å². The van der Waals surface area contributed by atoms with Crippen LogP contribution in [0.25, 0.3) is 0 Å². The van der Waals surface area contributed by atoms with E-state index in [9.17, 15) is 4.91 Å². The lowest BCUT2D eigenvalue weighted by Crippen LogP contribution is -1.96. The summed E-state index contributed by atoms with van der Waals surface area (Å²) in [6, 6.07) is 1.65. The summed E-state index contributed by atoms with van der Waals surface area (Å²) in [4.78, 5) is 17.7. The lowest BCUT2D eigenvalue weighted by molar-refractivity contribution is 1.00. The van der Waals surface area contributed by atoms with Crippen molar-refractivity contribution in [1.82, 2.24) is 9.97 Å². The standard InChI is InChI=1S/C6H8N4O/c1-4-3-6(9-10-11)8-5(2)7-4/h3H,1-2H3,(H,7,8,9,11). The molecule has 0 fully saturated rings. The van der Waals surface area contributed by atoms with Gasteiger partial charge in [-0.3, -0.25) is 0 Å². The van der Waals surface area contributed by atoms with Crippen molar-refractivity contribution in [3.8, 4) is 0 Å². The van der Waals surface area contributed by atoms with Gasteiger partial charge in [0, 0.05) is 11.8 Å². The van der Waals surface area contributed by atoms with Crippen LogP contribution in [0.1, 0.15) is 11.5 Å². The third-order valence-corrected chi connectivity index (χ3v) is 1.13. The highest BCUT2D eigenvalue weighted by Crippen LogP contribution is 2.04. The van der Waals surface area contributed by atoms with Crippen LogP contribution in [-0.2, 0) is 0 Å². The van der Waals surface area contributed by atoms with E-state index in [1.807, 2.05) is 6.92 Å². The number of nitroso groups, excluding NO2 is 1. The van der Waals surface area contributed by atoms with Gasteiger partial charge in [-0.25, -0.2) is 15.4 Å². The minimum atomic E-state index is 0.435. The zero-order valence-electron chi connectivity index (χ0n) is 6.33. The number of nitrogens with zero attached hydrogens (tertiary/aromatic N) is 3. The lowest BCUT2D eigenvalue weighted by atomic mass is 10.4. The summed E-state index contributed by atoms with van der Waals surface area (Å²) < 4.78 is 0. The molecule has 5 nitrogen and oxygen atoms in total. The summed E-state index contributed by atoms with van der Waals surface area (Å²) in [5.41, 5.74) is 3.02. The van der Waals surface area contributed by atoms with Crippen LogP contribution < -0.4 is 5.43 Å². The molecule has 0 bridgehead atoms. The predicted octanol–water partition coefficient (Wildman–Crippen LogP) is 1.19. The fourth-order valence-corrected chi connectivity index (χ4v) is 0.821. The number of aromatic nitrogens is 2. The Bertz CT molecular complexity index is 253. The number of rotatable bonds is 2. The second-order valence-corrected chi connectivity index (χ2v) is 2.14. The Morgan fingerprint density at radius 2 is 2.18 bits per heavy atom. The van der Waals surface area contributed by atoms with E-state index in [4.69, 9.17) is 0 Å². The molecule has 0 atom stereocenters. The van der Waals surface area contributed by atoms with Crippen LogP contribution in [0.15, 0.2) is 11.4 Å². The van der Waals surface area contributed by atoms with Crippen molar-refractivity contribution in [2.24, 2.45) is 5.29 Å². The first-order valence-corrected chi connectivity index (χ1v) is 3.13. The van der Waals surface area contributed by atoms with Crippen molar-refractivity contribution in [2.45, 2.75) is 13.8 Å². The van der Waals surface area contributed by atoms with Crippen molar-refractivity contribution < 1.29 is 0 Å². The van der Waals surface area contributed by atoms with Crippen molar-refractivity contribution in [3.05, 3.63) is 22.5 Å². The minimum Gasteiger partial charge on any atom is -0.238 e. The molecule has 1 aromatic heterocycles. The number of nitrogens with one attached hydrogen (secondary N) is 1. The van der Waals surface area contributed by atoms with E-state index in [1.165, 1.54) is 0 Å². The fraction of sp³-hybridized carbons (Fsp3) is 0.333. The Balaban J connectivity index is 2.98. The number of anilines is 1. The highest BCUT2D eigenvalue weighted by Gasteiger charge is 1.95. The van der Waals surface area contributed by atoms with Crippen LogP contribution in [0.2, 0.25) is 0 Å². The first kappa shape index (κ1) is 7.59. The second-order valence-electron chi connectivity index (χ2n) is 2.14. The predicted molar refractivity (Wildman–Crippen MR) is 40.9 cm³/mol. The average Bonchev–Trinajstić information content (AvgIpc) is 1.85. The van der Waals surface area contributed by atoms with E-state index < -0.39 is 0 Å². The molecule has 0 saturated carbocycles. The molecular weight excluding hydrogens is 144 g/mol. The first-order valence-electron chi connectivity index (χ1n) is 3.13. The summed E-state index contributed by atoms with van der Waals surface area (Å²) in [5.74, 6) is 1.06. The number of hydrogen-bond donors (Lipinski definition) is 1. The molecular formula is C6H8N4O. The normalized spacial score (nSPS) is 9.27. The van der Waals surface area contributed by atoms with E-state index in [-0.39, 0.29) is 0 Å². The quantitative estimate of drug-likeness (QED) is 0.510. The maximum atomic E-state index is 9.78. The van der Waals surface area contributed by atoms with Crippen molar-refractivity contribution in [1.29, 1.82) is 0 Å². The third-order valence-electron chi connectivity index (χ3n) is 1.13. The summed E-state index contributed by atoms with van der Waals surface area (Å²) >= 11 is 0. The maximum Gasteiger partial charge on any atom is 0.152 e. The molecule has 1 aromatic rings. The molecule has 0 aromatic carbocycles. The SMILES string of the molecule is Cc1cc(NN=O)nc(C)n1. The molecule has 0 aliphatic heterocycles. The molecule has 1 heterocycles. The van der Waals surface area contributed by atoms with Gasteiger partial charge in [0.25, 0.3) is 0 Å². The Kier molecular flexibility index (Phi) is 2.10. The highest BCUT2D eigenvalue weighted by atomic mass is 16.3. The molecule has 0 unspecified atom stereocenters. The topological polar surface area (TPSA) is 67.2 Å². The summed E-state index contributed by atoms with van der Waals surface area (Å²) in [6.07, 6.45) is 0. The summed E-state index contributed by atoms with van der Waals surface area (Å²) in [5, 5.41) is 2.50. The molecule has 0 spiro atoms. The summed E-state index contributed by atoms with van der Waals surface area (Å²) in [7, 11) is 0. The monoisotopic (exact) mass is 152 g/mol. The smallest absolute Gasteiger partial charge is 0.152 e. The van der Waals surface area contributed by atoms with Gasteiger partial charge in [0.05, 0.1) is 5.29 Å². The van der Waals surface area contributed by atoms with Crippen molar-refractivity contribution in [3.63, 3.8) is 0 Å². The zero-order valence-corrected chi connectivity index (χ0v) is 6.33. The van der Waals surface area contributed by atoms with Crippen LogP contribution in [0, 0.1) is 18.8 Å². The number of hydrogen-bond acceptors (Lipinski definition) is 4.